The number of carbonyl (C=O) groups excluding carboxylic acids is 2. The van der Waals surface area contributed by atoms with Crippen LogP contribution in [0.3, 0.4) is 0 Å². The fourth-order valence-corrected chi connectivity index (χ4v) is 2.44. The predicted molar refractivity (Wildman–Crippen MR) is 78.2 cm³/mol. The fraction of sp³-hybridized carbons (Fsp3) is 0.875. The van der Waals surface area contributed by atoms with Crippen LogP contribution < -0.4 is 0 Å². The second-order valence-corrected chi connectivity index (χ2v) is 6.72. The third-order valence-electron chi connectivity index (χ3n) is 3.85. The highest BCUT2D eigenvalue weighted by Gasteiger charge is 2.21. The zero-order valence-corrected chi connectivity index (χ0v) is 12.8. The van der Waals surface area contributed by atoms with E-state index in [4.69, 9.17) is 0 Å². The zero-order chi connectivity index (χ0) is 14.3. The first-order valence-electron chi connectivity index (χ1n) is 7.67. The topological polar surface area (TPSA) is 37.4 Å². The van der Waals surface area contributed by atoms with Gasteiger partial charge in [0.1, 0.15) is 11.6 Å². The number of hydrogen-bond acceptors (Lipinski definition) is 3. The van der Waals surface area contributed by atoms with E-state index in [0.29, 0.717) is 19.3 Å². The molecule has 0 radical (unpaired) electrons. The van der Waals surface area contributed by atoms with Gasteiger partial charge in [-0.1, -0.05) is 27.2 Å². The molecule has 110 valence electrons. The average molecular weight is 267 g/mol. The lowest BCUT2D eigenvalue weighted by Gasteiger charge is -2.26. The molecule has 1 aliphatic heterocycles. The van der Waals surface area contributed by atoms with Crippen LogP contribution in [0.5, 0.6) is 0 Å². The molecule has 19 heavy (non-hydrogen) atoms. The number of carbonyl (C=O) groups is 2. The maximum atomic E-state index is 11.7. The van der Waals surface area contributed by atoms with Gasteiger partial charge in [0, 0.05) is 24.7 Å². The lowest BCUT2D eigenvalue weighted by molar-refractivity contribution is -0.129. The number of hydrogen-bond donors (Lipinski definition) is 0. The summed E-state index contributed by atoms with van der Waals surface area (Å²) in [5, 5.41) is 0. The second kappa shape index (κ2) is 7.78. The van der Waals surface area contributed by atoms with Gasteiger partial charge in [-0.15, -0.1) is 0 Å². The second-order valence-electron chi connectivity index (χ2n) is 6.72. The summed E-state index contributed by atoms with van der Waals surface area (Å²) >= 11 is 0. The summed E-state index contributed by atoms with van der Waals surface area (Å²) in [7, 11) is 0. The molecule has 1 rings (SSSR count). The van der Waals surface area contributed by atoms with Gasteiger partial charge in [-0.25, -0.2) is 0 Å². The normalized spacial score (nSPS) is 17.4. The molecular weight excluding hydrogens is 238 g/mol. The van der Waals surface area contributed by atoms with Gasteiger partial charge in [0.05, 0.1) is 0 Å². The number of rotatable bonds is 7. The Morgan fingerprint density at radius 2 is 1.58 bits per heavy atom. The molecule has 3 heteroatoms. The smallest absolute Gasteiger partial charge is 0.138 e. The largest absolute Gasteiger partial charge is 0.303 e. The minimum atomic E-state index is -0.311. The molecular formula is C16H29NO2. The van der Waals surface area contributed by atoms with Gasteiger partial charge in [0.25, 0.3) is 0 Å². The summed E-state index contributed by atoms with van der Waals surface area (Å²) in [5.74, 6) is 0.437. The van der Waals surface area contributed by atoms with E-state index < -0.39 is 0 Å². The predicted octanol–water partition coefficient (Wildman–Crippen LogP) is 3.22. The zero-order valence-electron chi connectivity index (χ0n) is 12.8. The van der Waals surface area contributed by atoms with Crippen molar-refractivity contribution < 1.29 is 9.59 Å². The van der Waals surface area contributed by atoms with Crippen molar-refractivity contribution in [1.82, 2.24) is 4.90 Å². The third-order valence-corrected chi connectivity index (χ3v) is 3.85. The molecule has 0 aromatic carbocycles. The van der Waals surface area contributed by atoms with Crippen molar-refractivity contribution in [3.8, 4) is 0 Å². The maximum absolute atomic E-state index is 11.7. The first-order chi connectivity index (χ1) is 8.89. The van der Waals surface area contributed by atoms with E-state index in [1.54, 1.807) is 0 Å². The summed E-state index contributed by atoms with van der Waals surface area (Å²) < 4.78 is 0. The minimum Gasteiger partial charge on any atom is -0.303 e. The van der Waals surface area contributed by atoms with Crippen molar-refractivity contribution in [3.05, 3.63) is 0 Å². The van der Waals surface area contributed by atoms with Gasteiger partial charge in [-0.2, -0.15) is 0 Å². The molecule has 1 aliphatic rings. The number of likely N-dealkylation sites (tertiary alicyclic amines) is 1. The highest BCUT2D eigenvalue weighted by Crippen LogP contribution is 2.18. The van der Waals surface area contributed by atoms with E-state index in [1.165, 1.54) is 32.4 Å². The third kappa shape index (κ3) is 6.86. The molecule has 3 nitrogen and oxygen atoms in total. The van der Waals surface area contributed by atoms with Crippen LogP contribution in [0.4, 0.5) is 0 Å². The van der Waals surface area contributed by atoms with Crippen molar-refractivity contribution in [2.75, 3.05) is 19.6 Å². The fourth-order valence-electron chi connectivity index (χ4n) is 2.44. The molecule has 0 saturated carbocycles. The van der Waals surface area contributed by atoms with E-state index in [1.807, 2.05) is 20.8 Å². The van der Waals surface area contributed by atoms with Crippen LogP contribution >= 0.6 is 0 Å². The Bertz CT molecular complexity index is 298. The van der Waals surface area contributed by atoms with Gasteiger partial charge in [0.15, 0.2) is 0 Å². The molecule has 1 heterocycles. The van der Waals surface area contributed by atoms with Crippen molar-refractivity contribution >= 4 is 11.6 Å². The highest BCUT2D eigenvalue weighted by molar-refractivity contribution is 5.88. The van der Waals surface area contributed by atoms with Crippen LogP contribution in [0.1, 0.15) is 65.7 Å². The quantitative estimate of drug-likeness (QED) is 0.711. The van der Waals surface area contributed by atoms with E-state index in [0.717, 1.165) is 13.0 Å². The maximum Gasteiger partial charge on any atom is 0.138 e. The SMILES string of the molecule is CC(C)(C)C(=O)CCC(=O)CCCN1CCCCC1. The number of nitrogens with zero attached hydrogens (tertiary/aromatic N) is 1. The van der Waals surface area contributed by atoms with Crippen LogP contribution in [-0.2, 0) is 9.59 Å². The van der Waals surface area contributed by atoms with Crippen LogP contribution in [-0.4, -0.2) is 36.1 Å². The van der Waals surface area contributed by atoms with E-state index in [2.05, 4.69) is 4.90 Å². The number of piperidine rings is 1. The Kier molecular flexibility index (Phi) is 6.70. The summed E-state index contributed by atoms with van der Waals surface area (Å²) in [6.07, 6.45) is 6.37. The van der Waals surface area contributed by atoms with Crippen LogP contribution in [0, 0.1) is 5.41 Å². The molecule has 1 saturated heterocycles. The molecule has 0 bridgehead atoms. The van der Waals surface area contributed by atoms with Crippen LogP contribution in [0.2, 0.25) is 0 Å². The molecule has 0 aromatic heterocycles. The standard InChI is InChI=1S/C16H29NO2/c1-16(2,3)15(19)10-9-14(18)8-7-13-17-11-5-4-6-12-17/h4-13H2,1-3H3. The van der Waals surface area contributed by atoms with Crippen LogP contribution in [0.25, 0.3) is 0 Å². The Morgan fingerprint density at radius 1 is 0.947 bits per heavy atom. The van der Waals surface area contributed by atoms with E-state index >= 15 is 0 Å². The average Bonchev–Trinajstić information content (AvgIpc) is 2.36. The van der Waals surface area contributed by atoms with Gasteiger partial charge in [-0.05, 0) is 38.9 Å². The van der Waals surface area contributed by atoms with Crippen molar-refractivity contribution in [1.29, 1.82) is 0 Å². The van der Waals surface area contributed by atoms with Gasteiger partial charge < -0.3 is 4.90 Å². The van der Waals surface area contributed by atoms with E-state index in [9.17, 15) is 9.59 Å². The Labute approximate surface area is 117 Å². The lowest BCUT2D eigenvalue weighted by atomic mass is 9.87. The van der Waals surface area contributed by atoms with Gasteiger partial charge >= 0.3 is 0 Å². The summed E-state index contributed by atoms with van der Waals surface area (Å²) in [4.78, 5) is 25.9. The Balaban J connectivity index is 2.09. The van der Waals surface area contributed by atoms with Crippen LogP contribution in [0.15, 0.2) is 0 Å². The monoisotopic (exact) mass is 267 g/mol. The minimum absolute atomic E-state index is 0.192. The van der Waals surface area contributed by atoms with Crippen molar-refractivity contribution in [3.63, 3.8) is 0 Å². The Hall–Kier alpha value is -0.700. The van der Waals surface area contributed by atoms with Crippen molar-refractivity contribution in [2.45, 2.75) is 65.7 Å². The van der Waals surface area contributed by atoms with Crippen molar-refractivity contribution in [2.24, 2.45) is 5.41 Å². The summed E-state index contributed by atoms with van der Waals surface area (Å²) in [5.41, 5.74) is -0.311. The lowest BCUT2D eigenvalue weighted by Crippen LogP contribution is -2.30. The molecule has 0 unspecified atom stereocenters. The first-order valence-corrected chi connectivity index (χ1v) is 7.67. The van der Waals surface area contributed by atoms with Gasteiger partial charge in [-0.3, -0.25) is 9.59 Å². The number of Topliss-reactive ketones (excluding diaryl/α,β-unsaturated/α-hetero) is 2. The molecule has 0 spiro atoms. The highest BCUT2D eigenvalue weighted by atomic mass is 16.1. The molecule has 0 amide bonds. The number of ketones is 2. The molecule has 0 aliphatic carbocycles. The molecule has 0 aromatic rings. The Morgan fingerprint density at radius 3 is 2.16 bits per heavy atom. The molecule has 1 fully saturated rings. The molecule has 0 N–H and O–H groups in total. The molecule has 0 atom stereocenters. The summed E-state index contributed by atoms with van der Waals surface area (Å²) in [6, 6.07) is 0. The first kappa shape index (κ1) is 16.4. The van der Waals surface area contributed by atoms with Gasteiger partial charge in [0.2, 0.25) is 0 Å². The van der Waals surface area contributed by atoms with E-state index in [-0.39, 0.29) is 17.0 Å². The summed E-state index contributed by atoms with van der Waals surface area (Å²) in [6.45, 7) is 9.16.